The number of benzene rings is 6. The van der Waals surface area contributed by atoms with Crippen molar-refractivity contribution in [3.8, 4) is 79.8 Å². The molecule has 0 saturated carbocycles. The normalized spacial score (nSPS) is 10.9. The van der Waals surface area contributed by atoms with Crippen molar-refractivity contribution in [3.63, 3.8) is 0 Å². The zero-order chi connectivity index (χ0) is 32.8. The van der Waals surface area contributed by atoms with Gasteiger partial charge in [0.2, 0.25) is 0 Å². The summed E-state index contributed by atoms with van der Waals surface area (Å²) in [5.74, 6) is 4.64. The molecule has 0 bridgehead atoms. The highest BCUT2D eigenvalue weighted by Gasteiger charge is 2.17. The average Bonchev–Trinajstić information content (AvgIpc) is 3.19. The molecular weight excluding hydrogens is 605 g/mol. The molecule has 0 atom stereocenters. The highest BCUT2D eigenvalue weighted by Crippen LogP contribution is 2.35. The van der Waals surface area contributed by atoms with Crippen LogP contribution in [0, 0.1) is 0 Å². The van der Waals surface area contributed by atoms with Gasteiger partial charge in [0, 0.05) is 27.8 Å². The molecule has 0 unspecified atom stereocenters. The molecule has 232 valence electrons. The van der Waals surface area contributed by atoms with E-state index in [2.05, 4.69) is 0 Å². The molecule has 0 spiro atoms. The fraction of sp³-hybridized carbons (Fsp3) is 0. The van der Waals surface area contributed by atoms with E-state index in [1.807, 2.05) is 170 Å². The number of hydrogen-bond donors (Lipinski definition) is 0. The van der Waals surface area contributed by atoms with Crippen LogP contribution in [0.15, 0.2) is 170 Å². The summed E-state index contributed by atoms with van der Waals surface area (Å²) in [5, 5.41) is 0. The van der Waals surface area contributed by atoms with Crippen molar-refractivity contribution in [3.05, 3.63) is 170 Å². The summed E-state index contributed by atoms with van der Waals surface area (Å²) in [7, 11) is 0. The standard InChI is InChI=1S/C42H28N6O/c1-5-16-29(17-6-1)37-43-38(30-18-7-2-8-19-30)46-41(45-37)33-24-15-25-34(28-33)49-36-27-14-13-26-35(36)42-47-39(31-20-9-3-10-21-31)44-40(48-42)32-22-11-4-12-23-32/h1-28H. The third-order valence-corrected chi connectivity index (χ3v) is 7.85. The Balaban J connectivity index is 1.19. The van der Waals surface area contributed by atoms with E-state index in [0.717, 1.165) is 33.4 Å². The maximum absolute atomic E-state index is 6.58. The van der Waals surface area contributed by atoms with E-state index < -0.39 is 0 Å². The lowest BCUT2D eigenvalue weighted by Crippen LogP contribution is -2.01. The molecule has 7 heteroatoms. The first-order chi connectivity index (χ1) is 24.3. The van der Waals surface area contributed by atoms with Crippen LogP contribution in [0.3, 0.4) is 0 Å². The van der Waals surface area contributed by atoms with Gasteiger partial charge in [-0.05, 0) is 24.3 Å². The van der Waals surface area contributed by atoms with E-state index in [4.69, 9.17) is 34.6 Å². The van der Waals surface area contributed by atoms with Gasteiger partial charge in [-0.2, -0.15) is 0 Å². The molecule has 8 rings (SSSR count). The molecule has 0 aliphatic carbocycles. The zero-order valence-electron chi connectivity index (χ0n) is 26.3. The fourth-order valence-corrected chi connectivity index (χ4v) is 5.43. The molecule has 0 aliphatic rings. The van der Waals surface area contributed by atoms with Crippen LogP contribution in [-0.4, -0.2) is 29.9 Å². The van der Waals surface area contributed by atoms with Crippen LogP contribution < -0.4 is 4.74 Å². The first-order valence-electron chi connectivity index (χ1n) is 15.9. The second kappa shape index (κ2) is 13.5. The summed E-state index contributed by atoms with van der Waals surface area (Å²) in [6.45, 7) is 0. The van der Waals surface area contributed by atoms with E-state index in [1.165, 1.54) is 0 Å². The van der Waals surface area contributed by atoms with Crippen molar-refractivity contribution in [1.82, 2.24) is 29.9 Å². The van der Waals surface area contributed by atoms with Gasteiger partial charge in [-0.3, -0.25) is 0 Å². The number of hydrogen-bond acceptors (Lipinski definition) is 7. The Bertz CT molecular complexity index is 2240. The first kappa shape index (κ1) is 29.5. The van der Waals surface area contributed by atoms with Gasteiger partial charge < -0.3 is 4.74 Å². The summed E-state index contributed by atoms with van der Waals surface area (Å²) >= 11 is 0. The van der Waals surface area contributed by atoms with Gasteiger partial charge in [0.05, 0.1) is 5.56 Å². The van der Waals surface area contributed by atoms with Crippen molar-refractivity contribution in [2.45, 2.75) is 0 Å². The minimum atomic E-state index is 0.511. The van der Waals surface area contributed by atoms with Gasteiger partial charge in [0.15, 0.2) is 34.9 Å². The van der Waals surface area contributed by atoms with Crippen LogP contribution in [0.1, 0.15) is 0 Å². The topological polar surface area (TPSA) is 86.6 Å². The molecule has 7 nitrogen and oxygen atoms in total. The number of para-hydroxylation sites is 1. The maximum atomic E-state index is 6.58. The quantitative estimate of drug-likeness (QED) is 0.165. The van der Waals surface area contributed by atoms with E-state index in [0.29, 0.717) is 46.4 Å². The Morgan fingerprint density at radius 1 is 0.286 bits per heavy atom. The van der Waals surface area contributed by atoms with Crippen LogP contribution >= 0.6 is 0 Å². The van der Waals surface area contributed by atoms with Gasteiger partial charge in [0.1, 0.15) is 11.5 Å². The third-order valence-electron chi connectivity index (χ3n) is 7.85. The van der Waals surface area contributed by atoms with Gasteiger partial charge in [-0.15, -0.1) is 0 Å². The van der Waals surface area contributed by atoms with Crippen molar-refractivity contribution in [2.75, 3.05) is 0 Å². The Hall–Kier alpha value is -6.86. The van der Waals surface area contributed by atoms with Gasteiger partial charge >= 0.3 is 0 Å². The lowest BCUT2D eigenvalue weighted by atomic mass is 10.1. The summed E-state index contributed by atoms with van der Waals surface area (Å²) in [6, 6.07) is 55.2. The zero-order valence-corrected chi connectivity index (χ0v) is 26.3. The SMILES string of the molecule is c1ccc(-c2nc(-c3ccccc3)nc(-c3cccc(Oc4ccccc4-c4nc(-c5ccccc5)nc(-c5ccccc5)n4)c3)n2)cc1. The van der Waals surface area contributed by atoms with E-state index >= 15 is 0 Å². The van der Waals surface area contributed by atoms with Crippen LogP contribution in [0.2, 0.25) is 0 Å². The minimum absolute atomic E-state index is 0.511. The summed E-state index contributed by atoms with van der Waals surface area (Å²) in [6.07, 6.45) is 0. The number of nitrogens with zero attached hydrogens (tertiary/aromatic N) is 6. The molecule has 8 aromatic rings. The highest BCUT2D eigenvalue weighted by atomic mass is 16.5. The third kappa shape index (κ3) is 6.54. The smallest absolute Gasteiger partial charge is 0.167 e. The average molecular weight is 633 g/mol. The Labute approximate surface area is 283 Å². The van der Waals surface area contributed by atoms with Crippen molar-refractivity contribution in [1.29, 1.82) is 0 Å². The molecule has 0 fully saturated rings. The molecule has 2 heterocycles. The van der Waals surface area contributed by atoms with E-state index in [1.54, 1.807) is 0 Å². The molecule has 0 radical (unpaired) electrons. The molecule has 0 N–H and O–H groups in total. The predicted molar refractivity (Wildman–Crippen MR) is 192 cm³/mol. The molecule has 0 aliphatic heterocycles. The predicted octanol–water partition coefficient (Wildman–Crippen LogP) is 9.85. The van der Waals surface area contributed by atoms with Crippen LogP contribution in [-0.2, 0) is 0 Å². The summed E-state index contributed by atoms with van der Waals surface area (Å²) in [4.78, 5) is 29.3. The van der Waals surface area contributed by atoms with Crippen molar-refractivity contribution < 1.29 is 4.74 Å². The molecule has 6 aromatic carbocycles. The fourth-order valence-electron chi connectivity index (χ4n) is 5.43. The molecule has 49 heavy (non-hydrogen) atoms. The summed E-state index contributed by atoms with van der Waals surface area (Å²) < 4.78 is 6.58. The Kier molecular flexibility index (Phi) is 8.12. The van der Waals surface area contributed by atoms with Crippen molar-refractivity contribution >= 4 is 0 Å². The largest absolute Gasteiger partial charge is 0.457 e. The second-order valence-electron chi connectivity index (χ2n) is 11.2. The number of rotatable bonds is 8. The molecule has 0 amide bonds. The van der Waals surface area contributed by atoms with Crippen LogP contribution in [0.5, 0.6) is 11.5 Å². The van der Waals surface area contributed by atoms with Gasteiger partial charge in [0.25, 0.3) is 0 Å². The maximum Gasteiger partial charge on any atom is 0.167 e. The number of ether oxygens (including phenoxy) is 1. The second-order valence-corrected chi connectivity index (χ2v) is 11.2. The number of aromatic nitrogens is 6. The van der Waals surface area contributed by atoms with E-state index in [9.17, 15) is 0 Å². The monoisotopic (exact) mass is 632 g/mol. The van der Waals surface area contributed by atoms with Crippen molar-refractivity contribution in [2.24, 2.45) is 0 Å². The highest BCUT2D eigenvalue weighted by molar-refractivity contribution is 5.71. The summed E-state index contributed by atoms with van der Waals surface area (Å²) in [5.41, 5.74) is 5.15. The lowest BCUT2D eigenvalue weighted by Gasteiger charge is -2.13. The molecule has 2 aromatic heterocycles. The van der Waals surface area contributed by atoms with Crippen LogP contribution in [0.25, 0.3) is 68.3 Å². The first-order valence-corrected chi connectivity index (χ1v) is 15.9. The Morgan fingerprint density at radius 3 is 1.08 bits per heavy atom. The van der Waals surface area contributed by atoms with E-state index in [-0.39, 0.29) is 0 Å². The minimum Gasteiger partial charge on any atom is -0.457 e. The van der Waals surface area contributed by atoms with Gasteiger partial charge in [-0.1, -0.05) is 146 Å². The molecule has 0 saturated heterocycles. The molecular formula is C42H28N6O. The van der Waals surface area contributed by atoms with Crippen LogP contribution in [0.4, 0.5) is 0 Å². The lowest BCUT2D eigenvalue weighted by molar-refractivity contribution is 0.484. The van der Waals surface area contributed by atoms with Gasteiger partial charge in [-0.25, -0.2) is 29.9 Å². The Morgan fingerprint density at radius 2 is 0.633 bits per heavy atom.